The highest BCUT2D eigenvalue weighted by molar-refractivity contribution is 5.38. The van der Waals surface area contributed by atoms with Gasteiger partial charge >= 0.3 is 6.01 Å². The molecule has 1 aromatic heterocycles. The van der Waals surface area contributed by atoms with Crippen molar-refractivity contribution in [1.29, 1.82) is 0 Å². The molecule has 20 heavy (non-hydrogen) atoms. The zero-order chi connectivity index (χ0) is 14.2. The molecule has 112 valence electrons. The maximum Gasteiger partial charge on any atom is 0.323 e. The molecule has 1 N–H and O–H groups in total. The first kappa shape index (κ1) is 14.8. The average Bonchev–Trinajstić information content (AvgIpc) is 2.74. The van der Waals surface area contributed by atoms with Crippen LogP contribution in [0.2, 0.25) is 0 Å². The molecule has 0 aliphatic carbocycles. The summed E-state index contributed by atoms with van der Waals surface area (Å²) in [6, 6.07) is 0.376. The van der Waals surface area contributed by atoms with Crippen LogP contribution in [-0.4, -0.2) is 54.4 Å². The summed E-state index contributed by atoms with van der Waals surface area (Å²) in [5, 5.41) is 3.19. The minimum atomic E-state index is 0.376. The summed E-state index contributed by atoms with van der Waals surface area (Å²) in [6.07, 6.45) is 2.00. The van der Waals surface area contributed by atoms with Crippen molar-refractivity contribution in [2.45, 2.75) is 26.7 Å². The molecule has 7 heteroatoms. The highest BCUT2D eigenvalue weighted by atomic mass is 16.5. The predicted octanol–water partition coefficient (Wildman–Crippen LogP) is 1.32. The van der Waals surface area contributed by atoms with Gasteiger partial charge in [-0.25, -0.2) is 0 Å². The van der Waals surface area contributed by atoms with Crippen LogP contribution in [0.5, 0.6) is 6.01 Å². The SMILES string of the molecule is CCCNc1nc(OCC)nc(N2CCCOCC2)n1. The lowest BCUT2D eigenvalue weighted by atomic mass is 10.4. The van der Waals surface area contributed by atoms with Crippen LogP contribution in [0.15, 0.2) is 0 Å². The minimum absolute atomic E-state index is 0.376. The van der Waals surface area contributed by atoms with Crippen molar-refractivity contribution in [3.8, 4) is 6.01 Å². The maximum absolute atomic E-state index is 5.46. The van der Waals surface area contributed by atoms with Crippen LogP contribution in [0, 0.1) is 0 Å². The Labute approximate surface area is 119 Å². The van der Waals surface area contributed by atoms with Gasteiger partial charge < -0.3 is 19.7 Å². The van der Waals surface area contributed by atoms with Gasteiger partial charge in [0.1, 0.15) is 0 Å². The van der Waals surface area contributed by atoms with Gasteiger partial charge in [0.15, 0.2) is 0 Å². The standard InChI is InChI=1S/C13H23N5O2/c1-3-6-14-11-15-12(17-13(16-11)20-4-2)18-7-5-9-19-10-8-18/h3-10H2,1-2H3,(H,14,15,16,17). The molecule has 1 aliphatic rings. The average molecular weight is 281 g/mol. The number of hydrogen-bond acceptors (Lipinski definition) is 7. The van der Waals surface area contributed by atoms with Crippen LogP contribution in [0.3, 0.4) is 0 Å². The van der Waals surface area contributed by atoms with Crippen LogP contribution < -0.4 is 15.0 Å². The molecule has 0 spiro atoms. The Hall–Kier alpha value is -1.63. The van der Waals surface area contributed by atoms with Crippen molar-refractivity contribution < 1.29 is 9.47 Å². The van der Waals surface area contributed by atoms with Gasteiger partial charge in [-0.15, -0.1) is 0 Å². The largest absolute Gasteiger partial charge is 0.464 e. The Balaban J connectivity index is 2.17. The third kappa shape index (κ3) is 4.19. The van der Waals surface area contributed by atoms with Crippen LogP contribution in [0.4, 0.5) is 11.9 Å². The van der Waals surface area contributed by atoms with E-state index in [0.29, 0.717) is 31.1 Å². The van der Waals surface area contributed by atoms with Gasteiger partial charge in [-0.3, -0.25) is 0 Å². The Morgan fingerprint density at radius 2 is 2.10 bits per heavy atom. The molecule has 0 atom stereocenters. The Morgan fingerprint density at radius 1 is 1.20 bits per heavy atom. The van der Waals surface area contributed by atoms with Crippen LogP contribution >= 0.6 is 0 Å². The number of anilines is 2. The predicted molar refractivity (Wildman–Crippen MR) is 77.4 cm³/mol. The van der Waals surface area contributed by atoms with Crippen molar-refractivity contribution in [1.82, 2.24) is 15.0 Å². The topological polar surface area (TPSA) is 72.4 Å². The van der Waals surface area contributed by atoms with Crippen LogP contribution in [0.1, 0.15) is 26.7 Å². The fourth-order valence-corrected chi connectivity index (χ4v) is 1.94. The molecular weight excluding hydrogens is 258 g/mol. The number of hydrogen-bond donors (Lipinski definition) is 1. The summed E-state index contributed by atoms with van der Waals surface area (Å²) in [5.74, 6) is 1.23. The second-order valence-corrected chi connectivity index (χ2v) is 4.55. The molecule has 0 unspecified atom stereocenters. The van der Waals surface area contributed by atoms with Crippen LogP contribution in [0.25, 0.3) is 0 Å². The number of aromatic nitrogens is 3. The molecule has 1 aromatic rings. The Morgan fingerprint density at radius 3 is 2.90 bits per heavy atom. The lowest BCUT2D eigenvalue weighted by Gasteiger charge is -2.20. The lowest BCUT2D eigenvalue weighted by molar-refractivity contribution is 0.152. The molecule has 2 heterocycles. The maximum atomic E-state index is 5.46. The fraction of sp³-hybridized carbons (Fsp3) is 0.769. The number of ether oxygens (including phenoxy) is 2. The van der Waals surface area contributed by atoms with Gasteiger partial charge in [0.05, 0.1) is 13.2 Å². The Kier molecular flexibility index (Phi) is 5.79. The second-order valence-electron chi connectivity index (χ2n) is 4.55. The van der Waals surface area contributed by atoms with E-state index in [9.17, 15) is 0 Å². The van der Waals surface area contributed by atoms with E-state index in [1.807, 2.05) is 6.92 Å². The van der Waals surface area contributed by atoms with Gasteiger partial charge in [-0.1, -0.05) is 6.92 Å². The van der Waals surface area contributed by atoms with Gasteiger partial charge in [-0.05, 0) is 19.8 Å². The smallest absolute Gasteiger partial charge is 0.323 e. The summed E-state index contributed by atoms with van der Waals surface area (Å²) < 4.78 is 10.9. The number of rotatable bonds is 6. The van der Waals surface area contributed by atoms with Crippen LogP contribution in [-0.2, 0) is 4.74 Å². The van der Waals surface area contributed by atoms with E-state index in [4.69, 9.17) is 9.47 Å². The first-order valence-electron chi connectivity index (χ1n) is 7.29. The van der Waals surface area contributed by atoms with Gasteiger partial charge in [-0.2, -0.15) is 15.0 Å². The minimum Gasteiger partial charge on any atom is -0.464 e. The van der Waals surface area contributed by atoms with Gasteiger partial charge in [0, 0.05) is 26.2 Å². The fourth-order valence-electron chi connectivity index (χ4n) is 1.94. The summed E-state index contributed by atoms with van der Waals surface area (Å²) in [4.78, 5) is 15.2. The Bertz CT molecular complexity index is 408. The summed E-state index contributed by atoms with van der Waals surface area (Å²) >= 11 is 0. The third-order valence-corrected chi connectivity index (χ3v) is 2.91. The normalized spacial score (nSPS) is 15.8. The van der Waals surface area contributed by atoms with Crippen molar-refractivity contribution >= 4 is 11.9 Å². The molecule has 0 bridgehead atoms. The highest BCUT2D eigenvalue weighted by Gasteiger charge is 2.16. The molecule has 7 nitrogen and oxygen atoms in total. The molecule has 0 amide bonds. The molecule has 1 fully saturated rings. The van der Waals surface area contributed by atoms with Gasteiger partial charge in [0.25, 0.3) is 0 Å². The number of nitrogens with zero attached hydrogens (tertiary/aromatic N) is 4. The third-order valence-electron chi connectivity index (χ3n) is 2.91. The van der Waals surface area contributed by atoms with E-state index < -0.39 is 0 Å². The van der Waals surface area contributed by atoms with Crippen molar-refractivity contribution in [3.05, 3.63) is 0 Å². The highest BCUT2D eigenvalue weighted by Crippen LogP contribution is 2.16. The van der Waals surface area contributed by atoms with E-state index in [1.165, 1.54) is 0 Å². The molecule has 0 aromatic carbocycles. The van der Waals surface area contributed by atoms with E-state index in [1.54, 1.807) is 0 Å². The quantitative estimate of drug-likeness (QED) is 0.843. The monoisotopic (exact) mass is 281 g/mol. The van der Waals surface area contributed by atoms with Crippen molar-refractivity contribution in [3.63, 3.8) is 0 Å². The van der Waals surface area contributed by atoms with Crippen molar-refractivity contribution in [2.75, 3.05) is 49.7 Å². The number of nitrogens with one attached hydrogen (secondary N) is 1. The molecule has 0 saturated carbocycles. The summed E-state index contributed by atoms with van der Waals surface area (Å²) in [6.45, 7) is 8.57. The first-order chi connectivity index (χ1) is 9.83. The zero-order valence-electron chi connectivity index (χ0n) is 12.3. The van der Waals surface area contributed by atoms with Gasteiger partial charge in [0.2, 0.25) is 11.9 Å². The summed E-state index contributed by atoms with van der Waals surface area (Å²) in [7, 11) is 0. The molecule has 2 rings (SSSR count). The molecular formula is C13H23N5O2. The second kappa shape index (κ2) is 7.84. The summed E-state index contributed by atoms with van der Waals surface area (Å²) in [5.41, 5.74) is 0. The van der Waals surface area contributed by atoms with E-state index in [2.05, 4.69) is 32.1 Å². The van der Waals surface area contributed by atoms with E-state index in [-0.39, 0.29) is 0 Å². The van der Waals surface area contributed by atoms with E-state index >= 15 is 0 Å². The molecule has 1 aliphatic heterocycles. The lowest BCUT2D eigenvalue weighted by Crippen LogP contribution is -2.28. The molecule has 0 radical (unpaired) electrons. The zero-order valence-corrected chi connectivity index (χ0v) is 12.3. The van der Waals surface area contributed by atoms with Crippen molar-refractivity contribution in [2.24, 2.45) is 0 Å². The first-order valence-corrected chi connectivity index (χ1v) is 7.29. The van der Waals surface area contributed by atoms with E-state index in [0.717, 1.165) is 39.1 Å². The molecule has 1 saturated heterocycles.